The van der Waals surface area contributed by atoms with Crippen molar-refractivity contribution in [3.63, 3.8) is 0 Å². The molecule has 1 rings (SSSR count). The molecule has 0 aromatic carbocycles. The molecule has 1 amide bonds. The molecule has 1 saturated heterocycles. The van der Waals surface area contributed by atoms with Gasteiger partial charge in [0, 0.05) is 0 Å². The first-order valence-corrected chi connectivity index (χ1v) is 25.6. The standard InChI is InChI=1S/C52H95NO10/c1-3-5-7-9-11-13-15-17-19-21-23-25-27-29-31-33-35-37-39-44(55)47(57)43(42-62-52-50(60)49(59)48(58)46(41-54)63-52)53-51(61)45(56)40-38-36-34-32-30-28-26-24-22-20-18-16-14-12-10-8-6-4-2/h12,14,16,18,23,25,31,33,43-50,52,54-60H,3-11,13,15,17,19-22,24,26-30,32,34-42H2,1-2H3,(H,53,61)/b14-12-,18-16-,25-23+,33-31+. The lowest BCUT2D eigenvalue weighted by Gasteiger charge is -2.40. The Morgan fingerprint density at radius 3 is 1.54 bits per heavy atom. The van der Waals surface area contributed by atoms with Crippen LogP contribution in [0.4, 0.5) is 0 Å². The smallest absolute Gasteiger partial charge is 0.249 e. The molecule has 1 heterocycles. The Labute approximate surface area is 383 Å². The maximum absolute atomic E-state index is 13.1. The summed E-state index contributed by atoms with van der Waals surface area (Å²) >= 11 is 0. The maximum atomic E-state index is 13.1. The van der Waals surface area contributed by atoms with Crippen LogP contribution in [0.2, 0.25) is 0 Å². The molecule has 8 N–H and O–H groups in total. The lowest BCUT2D eigenvalue weighted by Crippen LogP contribution is -2.60. The van der Waals surface area contributed by atoms with Crippen molar-refractivity contribution < 1.29 is 50.0 Å². The third kappa shape index (κ3) is 30.8. The van der Waals surface area contributed by atoms with Crippen molar-refractivity contribution in [2.45, 2.75) is 262 Å². The summed E-state index contributed by atoms with van der Waals surface area (Å²) in [6.45, 7) is 3.39. The van der Waals surface area contributed by atoms with E-state index in [2.05, 4.69) is 67.8 Å². The summed E-state index contributed by atoms with van der Waals surface area (Å²) in [5, 5.41) is 75.8. The Kier molecular flexibility index (Phi) is 38.9. The molecule has 0 aliphatic carbocycles. The third-order valence-electron chi connectivity index (χ3n) is 12.1. The molecule has 9 atom stereocenters. The number of ether oxygens (including phenoxy) is 2. The summed E-state index contributed by atoms with van der Waals surface area (Å²) in [7, 11) is 0. The molecule has 0 saturated carbocycles. The number of hydrogen-bond donors (Lipinski definition) is 8. The Morgan fingerprint density at radius 1 is 0.556 bits per heavy atom. The number of rotatable bonds is 42. The summed E-state index contributed by atoms with van der Waals surface area (Å²) in [6, 6.07) is -1.19. The minimum atomic E-state index is -1.67. The number of unbranched alkanes of at least 4 members (excludes halogenated alkanes) is 23. The van der Waals surface area contributed by atoms with Crippen LogP contribution in [0, 0.1) is 0 Å². The summed E-state index contributed by atoms with van der Waals surface area (Å²) in [6.07, 6.45) is 38.6. The number of carbonyl (C=O) groups is 1. The second-order valence-electron chi connectivity index (χ2n) is 17.9. The van der Waals surface area contributed by atoms with Gasteiger partial charge < -0.3 is 50.5 Å². The predicted octanol–water partition coefficient (Wildman–Crippen LogP) is 9.34. The second kappa shape index (κ2) is 41.5. The van der Waals surface area contributed by atoms with Crippen molar-refractivity contribution in [1.82, 2.24) is 5.32 Å². The van der Waals surface area contributed by atoms with E-state index in [4.69, 9.17) is 9.47 Å². The van der Waals surface area contributed by atoms with Crippen LogP contribution in [-0.2, 0) is 14.3 Å². The highest BCUT2D eigenvalue weighted by molar-refractivity contribution is 5.80. The zero-order chi connectivity index (χ0) is 46.2. The minimum absolute atomic E-state index is 0.244. The molecule has 11 heteroatoms. The van der Waals surface area contributed by atoms with E-state index in [0.29, 0.717) is 19.3 Å². The first-order valence-electron chi connectivity index (χ1n) is 25.6. The van der Waals surface area contributed by atoms with Gasteiger partial charge >= 0.3 is 0 Å². The van der Waals surface area contributed by atoms with E-state index in [-0.39, 0.29) is 12.8 Å². The Hall–Kier alpha value is -1.93. The SMILES string of the molecule is CCCCC/C=C\C=C/CCCCCCCCCCCC(O)C(=O)NC(COC1OC(CO)C(O)C(O)C1O)C(O)C(O)CCC/C=C/CC/C=C/CCCCCCCCCCC. The highest BCUT2D eigenvalue weighted by Crippen LogP contribution is 2.23. The number of carbonyl (C=O) groups excluding carboxylic acids is 1. The molecule has 1 aliphatic rings. The van der Waals surface area contributed by atoms with Crippen LogP contribution in [0.5, 0.6) is 0 Å². The molecule has 9 unspecified atom stereocenters. The topological polar surface area (TPSA) is 189 Å². The van der Waals surface area contributed by atoms with Gasteiger partial charge in [-0.25, -0.2) is 0 Å². The number of aliphatic hydroxyl groups is 7. The molecule has 63 heavy (non-hydrogen) atoms. The highest BCUT2D eigenvalue weighted by Gasteiger charge is 2.44. The van der Waals surface area contributed by atoms with E-state index >= 15 is 0 Å². The van der Waals surface area contributed by atoms with E-state index < -0.39 is 74.2 Å². The largest absolute Gasteiger partial charge is 0.394 e. The van der Waals surface area contributed by atoms with Gasteiger partial charge in [0.05, 0.1) is 25.4 Å². The fourth-order valence-electron chi connectivity index (χ4n) is 7.86. The van der Waals surface area contributed by atoms with E-state index in [9.17, 15) is 40.5 Å². The molecule has 11 nitrogen and oxygen atoms in total. The number of allylic oxidation sites excluding steroid dienone is 8. The molecular weight excluding hydrogens is 799 g/mol. The van der Waals surface area contributed by atoms with Crippen molar-refractivity contribution in [1.29, 1.82) is 0 Å². The number of amides is 1. The quantitative estimate of drug-likeness (QED) is 0.0167. The van der Waals surface area contributed by atoms with Crippen molar-refractivity contribution in [2.24, 2.45) is 0 Å². The van der Waals surface area contributed by atoms with Gasteiger partial charge in [0.1, 0.15) is 36.6 Å². The average Bonchev–Trinajstić information content (AvgIpc) is 3.28. The Balaban J connectivity index is 2.44. The first-order chi connectivity index (χ1) is 30.7. The van der Waals surface area contributed by atoms with Gasteiger partial charge in [-0.2, -0.15) is 0 Å². The van der Waals surface area contributed by atoms with Crippen LogP contribution in [0.25, 0.3) is 0 Å². The van der Waals surface area contributed by atoms with E-state index in [1.54, 1.807) is 0 Å². The van der Waals surface area contributed by atoms with Crippen molar-refractivity contribution in [2.75, 3.05) is 13.2 Å². The number of hydrogen-bond acceptors (Lipinski definition) is 10. The summed E-state index contributed by atoms with van der Waals surface area (Å²) in [5.41, 5.74) is 0. The van der Waals surface area contributed by atoms with Gasteiger partial charge in [0.2, 0.25) is 5.91 Å². The first kappa shape index (κ1) is 59.1. The van der Waals surface area contributed by atoms with Crippen LogP contribution in [0.15, 0.2) is 48.6 Å². The summed E-state index contributed by atoms with van der Waals surface area (Å²) < 4.78 is 11.1. The number of nitrogens with one attached hydrogen (secondary N) is 1. The molecule has 0 spiro atoms. The lowest BCUT2D eigenvalue weighted by atomic mass is 9.98. The summed E-state index contributed by atoms with van der Waals surface area (Å²) in [5.74, 6) is -0.716. The van der Waals surface area contributed by atoms with Gasteiger partial charge in [-0.1, -0.05) is 178 Å². The van der Waals surface area contributed by atoms with Crippen LogP contribution in [0.1, 0.15) is 206 Å². The molecule has 0 aromatic heterocycles. The lowest BCUT2D eigenvalue weighted by molar-refractivity contribution is -0.303. The Bertz CT molecular complexity index is 1160. The van der Waals surface area contributed by atoms with Crippen molar-refractivity contribution in [3.05, 3.63) is 48.6 Å². The normalized spacial score (nSPS) is 21.6. The molecule has 0 bridgehead atoms. The molecule has 368 valence electrons. The summed E-state index contributed by atoms with van der Waals surface area (Å²) in [4.78, 5) is 13.1. The average molecular weight is 894 g/mol. The van der Waals surface area contributed by atoms with Crippen LogP contribution < -0.4 is 5.32 Å². The van der Waals surface area contributed by atoms with Crippen LogP contribution >= 0.6 is 0 Å². The van der Waals surface area contributed by atoms with Crippen LogP contribution in [-0.4, -0.2) is 110 Å². The zero-order valence-electron chi connectivity index (χ0n) is 39.8. The van der Waals surface area contributed by atoms with Crippen LogP contribution in [0.3, 0.4) is 0 Å². The van der Waals surface area contributed by atoms with Gasteiger partial charge in [-0.05, 0) is 77.0 Å². The molecule has 0 aromatic rings. The van der Waals surface area contributed by atoms with E-state index in [1.807, 2.05) is 0 Å². The number of aliphatic hydroxyl groups excluding tert-OH is 7. The fourth-order valence-corrected chi connectivity index (χ4v) is 7.86. The van der Waals surface area contributed by atoms with Crippen molar-refractivity contribution in [3.8, 4) is 0 Å². The van der Waals surface area contributed by atoms with E-state index in [0.717, 1.165) is 51.4 Å². The third-order valence-corrected chi connectivity index (χ3v) is 12.1. The monoisotopic (exact) mass is 894 g/mol. The van der Waals surface area contributed by atoms with Gasteiger partial charge in [-0.15, -0.1) is 0 Å². The van der Waals surface area contributed by atoms with Gasteiger partial charge in [0.25, 0.3) is 0 Å². The van der Waals surface area contributed by atoms with Crippen molar-refractivity contribution >= 4 is 5.91 Å². The Morgan fingerprint density at radius 2 is 1.00 bits per heavy atom. The molecule has 1 aliphatic heterocycles. The van der Waals surface area contributed by atoms with Gasteiger partial charge in [-0.3, -0.25) is 4.79 Å². The molecule has 1 fully saturated rings. The fraction of sp³-hybridized carbons (Fsp3) is 0.827. The zero-order valence-corrected chi connectivity index (χ0v) is 39.8. The highest BCUT2D eigenvalue weighted by atomic mass is 16.7. The van der Waals surface area contributed by atoms with E-state index in [1.165, 1.54) is 109 Å². The predicted molar refractivity (Wildman–Crippen MR) is 256 cm³/mol. The van der Waals surface area contributed by atoms with Gasteiger partial charge in [0.15, 0.2) is 6.29 Å². The molecular formula is C52H95NO10. The minimum Gasteiger partial charge on any atom is -0.394 e. The molecule has 0 radical (unpaired) electrons. The maximum Gasteiger partial charge on any atom is 0.249 e. The second-order valence-corrected chi connectivity index (χ2v) is 17.9.